The van der Waals surface area contributed by atoms with Crippen molar-refractivity contribution < 1.29 is 4.79 Å². The molecule has 0 saturated heterocycles. The highest BCUT2D eigenvalue weighted by molar-refractivity contribution is 8.00. The lowest BCUT2D eigenvalue weighted by Gasteiger charge is -2.34. The van der Waals surface area contributed by atoms with Crippen molar-refractivity contribution in [1.29, 1.82) is 0 Å². The van der Waals surface area contributed by atoms with Crippen molar-refractivity contribution in [1.82, 2.24) is 24.6 Å². The van der Waals surface area contributed by atoms with Crippen LogP contribution in [-0.2, 0) is 11.3 Å². The van der Waals surface area contributed by atoms with Crippen LogP contribution in [0.25, 0.3) is 11.4 Å². The lowest BCUT2D eigenvalue weighted by molar-refractivity contribution is -0.132. The van der Waals surface area contributed by atoms with Crippen molar-refractivity contribution >= 4 is 17.7 Å². The summed E-state index contributed by atoms with van der Waals surface area (Å²) in [5, 5.41) is 9.38. The smallest absolute Gasteiger partial charge is 0.236 e. The van der Waals surface area contributed by atoms with Crippen LogP contribution in [0.2, 0.25) is 0 Å². The normalized spacial score (nSPS) is 16.0. The molecule has 0 bridgehead atoms. The van der Waals surface area contributed by atoms with Gasteiger partial charge in [-0.1, -0.05) is 50.9 Å². The van der Waals surface area contributed by atoms with E-state index in [4.69, 9.17) is 0 Å². The minimum Gasteiger partial charge on any atom is -0.342 e. The standard InChI is InChI=1S/C22H31N5OS/c1-5-15-27-20(17-11-13-23-14-12-17)24-25-22(27)29-19(16(2)3)21(28)26(4)18-9-7-6-8-10-18/h5,11-14,16,18-19H,1,6-10,15H2,2-4H3. The third-order valence-corrected chi connectivity index (χ3v) is 7.03. The molecule has 1 aliphatic carbocycles. The SMILES string of the molecule is C=CCn1c(SC(C(=O)N(C)C2CCCCC2)C(C)C)nnc1-c1ccncc1. The van der Waals surface area contributed by atoms with E-state index >= 15 is 0 Å². The van der Waals surface area contributed by atoms with Crippen molar-refractivity contribution in [3.8, 4) is 11.4 Å². The number of rotatable bonds is 8. The van der Waals surface area contributed by atoms with Gasteiger partial charge < -0.3 is 4.90 Å². The van der Waals surface area contributed by atoms with E-state index in [-0.39, 0.29) is 17.1 Å². The summed E-state index contributed by atoms with van der Waals surface area (Å²) in [6, 6.07) is 4.19. The molecule has 1 fully saturated rings. The number of amides is 1. The molecular weight excluding hydrogens is 382 g/mol. The van der Waals surface area contributed by atoms with E-state index in [1.54, 1.807) is 12.4 Å². The summed E-state index contributed by atoms with van der Waals surface area (Å²) in [6.07, 6.45) is 11.2. The predicted octanol–water partition coefficient (Wildman–Crippen LogP) is 4.43. The van der Waals surface area contributed by atoms with Crippen LogP contribution in [0.15, 0.2) is 42.3 Å². The Balaban J connectivity index is 1.84. The molecule has 1 amide bonds. The number of allylic oxidation sites excluding steroid dienone is 1. The van der Waals surface area contributed by atoms with Crippen LogP contribution in [0, 0.1) is 5.92 Å². The monoisotopic (exact) mass is 413 g/mol. The second kappa shape index (κ2) is 10.1. The van der Waals surface area contributed by atoms with Crippen molar-refractivity contribution in [3.63, 3.8) is 0 Å². The molecule has 0 aromatic carbocycles. The van der Waals surface area contributed by atoms with Gasteiger partial charge in [0.2, 0.25) is 5.91 Å². The summed E-state index contributed by atoms with van der Waals surface area (Å²) in [4.78, 5) is 19.4. The molecular formula is C22H31N5OS. The molecule has 0 aliphatic heterocycles. The van der Waals surface area contributed by atoms with Crippen LogP contribution < -0.4 is 0 Å². The molecule has 0 spiro atoms. The molecule has 6 nitrogen and oxygen atoms in total. The molecule has 1 atom stereocenters. The Morgan fingerprint density at radius 2 is 1.97 bits per heavy atom. The number of nitrogens with zero attached hydrogens (tertiary/aromatic N) is 5. The average molecular weight is 414 g/mol. The topological polar surface area (TPSA) is 63.9 Å². The molecule has 2 aromatic heterocycles. The number of hydrogen-bond acceptors (Lipinski definition) is 5. The number of carbonyl (C=O) groups excluding carboxylic acids is 1. The van der Waals surface area contributed by atoms with Gasteiger partial charge in [0.15, 0.2) is 11.0 Å². The molecule has 156 valence electrons. The van der Waals surface area contributed by atoms with Gasteiger partial charge in [0.05, 0.1) is 5.25 Å². The molecule has 3 rings (SSSR count). The van der Waals surface area contributed by atoms with Crippen molar-refractivity contribution in [2.75, 3.05) is 7.05 Å². The van der Waals surface area contributed by atoms with Crippen molar-refractivity contribution in [2.24, 2.45) is 5.92 Å². The maximum absolute atomic E-state index is 13.4. The van der Waals surface area contributed by atoms with Crippen LogP contribution in [0.5, 0.6) is 0 Å². The van der Waals surface area contributed by atoms with E-state index in [2.05, 4.69) is 35.6 Å². The zero-order valence-corrected chi connectivity index (χ0v) is 18.4. The van der Waals surface area contributed by atoms with Crippen LogP contribution in [0.3, 0.4) is 0 Å². The van der Waals surface area contributed by atoms with Gasteiger partial charge in [-0.3, -0.25) is 14.3 Å². The summed E-state index contributed by atoms with van der Waals surface area (Å²) in [5.74, 6) is 1.15. The molecule has 0 N–H and O–H groups in total. The zero-order chi connectivity index (χ0) is 20.8. The molecule has 29 heavy (non-hydrogen) atoms. The van der Waals surface area contributed by atoms with Crippen molar-refractivity contribution in [3.05, 3.63) is 37.2 Å². The quantitative estimate of drug-likeness (QED) is 0.473. The fraction of sp³-hybridized carbons (Fsp3) is 0.545. The number of thioether (sulfide) groups is 1. The Bertz CT molecular complexity index is 814. The Kier molecular flexibility index (Phi) is 7.47. The second-order valence-electron chi connectivity index (χ2n) is 7.96. The maximum atomic E-state index is 13.4. The van der Waals surface area contributed by atoms with Gasteiger partial charge in [-0.25, -0.2) is 0 Å². The number of aromatic nitrogens is 4. The molecule has 2 aromatic rings. The first-order valence-corrected chi connectivity index (χ1v) is 11.3. The highest BCUT2D eigenvalue weighted by Gasteiger charge is 2.32. The highest BCUT2D eigenvalue weighted by atomic mass is 32.2. The van der Waals surface area contributed by atoms with Crippen LogP contribution in [0.1, 0.15) is 46.0 Å². The maximum Gasteiger partial charge on any atom is 0.236 e. The van der Waals surface area contributed by atoms with Crippen molar-refractivity contribution in [2.45, 2.75) is 68.9 Å². The third kappa shape index (κ3) is 5.07. The van der Waals surface area contributed by atoms with Gasteiger partial charge in [-0.2, -0.15) is 0 Å². The minimum absolute atomic E-state index is 0.190. The fourth-order valence-corrected chi connectivity index (χ4v) is 4.96. The van der Waals surface area contributed by atoms with E-state index in [9.17, 15) is 4.79 Å². The zero-order valence-electron chi connectivity index (χ0n) is 17.6. The molecule has 1 unspecified atom stereocenters. The van der Waals surface area contributed by atoms with Crippen LogP contribution in [-0.4, -0.2) is 48.9 Å². The minimum atomic E-state index is -0.194. The van der Waals surface area contributed by atoms with Gasteiger partial charge in [0.25, 0.3) is 0 Å². The predicted molar refractivity (Wildman–Crippen MR) is 118 cm³/mol. The van der Waals surface area contributed by atoms with E-state index in [0.29, 0.717) is 12.6 Å². The second-order valence-corrected chi connectivity index (χ2v) is 9.07. The molecule has 1 saturated carbocycles. The fourth-order valence-electron chi connectivity index (χ4n) is 3.82. The number of pyridine rings is 1. The van der Waals surface area contributed by atoms with E-state index in [1.165, 1.54) is 31.0 Å². The highest BCUT2D eigenvalue weighted by Crippen LogP contribution is 2.32. The molecule has 0 radical (unpaired) electrons. The first-order valence-electron chi connectivity index (χ1n) is 10.4. The van der Waals surface area contributed by atoms with Crippen LogP contribution in [0.4, 0.5) is 0 Å². The number of hydrogen-bond donors (Lipinski definition) is 0. The van der Waals surface area contributed by atoms with Gasteiger partial charge in [0, 0.05) is 37.6 Å². The Hall–Kier alpha value is -2.15. The lowest BCUT2D eigenvalue weighted by Crippen LogP contribution is -2.44. The van der Waals surface area contributed by atoms with E-state index in [1.807, 2.05) is 34.7 Å². The average Bonchev–Trinajstić information content (AvgIpc) is 3.14. The third-order valence-electron chi connectivity index (χ3n) is 5.52. The first kappa shape index (κ1) is 21.6. The van der Waals surface area contributed by atoms with Gasteiger partial charge in [-0.05, 0) is 30.9 Å². The Morgan fingerprint density at radius 1 is 1.28 bits per heavy atom. The molecule has 7 heteroatoms. The Morgan fingerprint density at radius 3 is 2.59 bits per heavy atom. The summed E-state index contributed by atoms with van der Waals surface area (Å²) >= 11 is 1.51. The summed E-state index contributed by atoms with van der Waals surface area (Å²) in [7, 11) is 1.96. The van der Waals surface area contributed by atoms with E-state index < -0.39 is 0 Å². The summed E-state index contributed by atoms with van der Waals surface area (Å²) < 4.78 is 2.02. The summed E-state index contributed by atoms with van der Waals surface area (Å²) in [6.45, 7) is 8.66. The molecule has 1 aliphatic rings. The largest absolute Gasteiger partial charge is 0.342 e. The van der Waals surface area contributed by atoms with Gasteiger partial charge in [-0.15, -0.1) is 16.8 Å². The van der Waals surface area contributed by atoms with E-state index in [0.717, 1.165) is 29.4 Å². The van der Waals surface area contributed by atoms with Gasteiger partial charge >= 0.3 is 0 Å². The summed E-state index contributed by atoms with van der Waals surface area (Å²) in [5.41, 5.74) is 0.952. The first-order chi connectivity index (χ1) is 14.0. The van der Waals surface area contributed by atoms with Crippen LogP contribution >= 0.6 is 11.8 Å². The molecule has 2 heterocycles. The van der Waals surface area contributed by atoms with Gasteiger partial charge in [0.1, 0.15) is 0 Å². The number of carbonyl (C=O) groups is 1. The Labute approximate surface area is 177 Å². The lowest BCUT2D eigenvalue weighted by atomic mass is 9.94.